The van der Waals surface area contributed by atoms with Crippen LogP contribution in [0.25, 0.3) is 0 Å². The standard InChI is InChI=1S/C15H18O3Si/c1-5-13(16)12-9-15-14(17-10-18-15)8-11(12)6-7-19(2,3)4/h5,8-9,13,16H,1,10H2,2-4H3. The second-order valence-corrected chi connectivity index (χ2v) is 10.2. The second kappa shape index (κ2) is 5.12. The number of rotatable bonds is 2. The third-order valence-corrected chi connectivity index (χ3v) is 3.53. The van der Waals surface area contributed by atoms with Crippen molar-refractivity contribution in [3.05, 3.63) is 35.9 Å². The molecular weight excluding hydrogens is 256 g/mol. The molecule has 2 rings (SSSR count). The predicted octanol–water partition coefficient (Wildman–Crippen LogP) is 2.86. The summed E-state index contributed by atoms with van der Waals surface area (Å²) in [7, 11) is -1.47. The summed E-state index contributed by atoms with van der Waals surface area (Å²) >= 11 is 0. The summed E-state index contributed by atoms with van der Waals surface area (Å²) in [6, 6.07) is 3.61. The largest absolute Gasteiger partial charge is 0.454 e. The monoisotopic (exact) mass is 274 g/mol. The molecule has 1 aliphatic rings. The van der Waals surface area contributed by atoms with Gasteiger partial charge in [0.15, 0.2) is 11.5 Å². The molecule has 0 fully saturated rings. The van der Waals surface area contributed by atoms with Crippen molar-refractivity contribution >= 4 is 8.07 Å². The van der Waals surface area contributed by atoms with Gasteiger partial charge < -0.3 is 14.6 Å². The van der Waals surface area contributed by atoms with Crippen LogP contribution in [0.15, 0.2) is 24.8 Å². The summed E-state index contributed by atoms with van der Waals surface area (Å²) in [5.41, 5.74) is 4.79. The van der Waals surface area contributed by atoms with E-state index in [-0.39, 0.29) is 6.79 Å². The molecule has 1 atom stereocenters. The van der Waals surface area contributed by atoms with Gasteiger partial charge in [0.1, 0.15) is 8.07 Å². The van der Waals surface area contributed by atoms with Crippen LogP contribution in [0.1, 0.15) is 17.2 Å². The lowest BCUT2D eigenvalue weighted by molar-refractivity contribution is 0.173. The Labute approximate surface area is 114 Å². The molecule has 1 aliphatic heterocycles. The van der Waals surface area contributed by atoms with Gasteiger partial charge in [-0.25, -0.2) is 0 Å². The molecule has 0 amide bonds. The van der Waals surface area contributed by atoms with Gasteiger partial charge in [-0.1, -0.05) is 31.6 Å². The van der Waals surface area contributed by atoms with Gasteiger partial charge in [-0.15, -0.1) is 12.1 Å². The van der Waals surface area contributed by atoms with E-state index in [2.05, 4.69) is 37.7 Å². The molecule has 0 saturated heterocycles. The topological polar surface area (TPSA) is 38.7 Å². The van der Waals surface area contributed by atoms with Crippen LogP contribution in [0.4, 0.5) is 0 Å². The average Bonchev–Trinajstić information content (AvgIpc) is 2.80. The number of hydrogen-bond acceptors (Lipinski definition) is 3. The highest BCUT2D eigenvalue weighted by Gasteiger charge is 2.19. The van der Waals surface area contributed by atoms with Crippen molar-refractivity contribution in [2.24, 2.45) is 0 Å². The maximum atomic E-state index is 10.00. The molecule has 100 valence electrons. The first-order chi connectivity index (χ1) is 8.90. The van der Waals surface area contributed by atoms with Crippen molar-refractivity contribution in [2.75, 3.05) is 6.79 Å². The molecule has 0 radical (unpaired) electrons. The van der Waals surface area contributed by atoms with Gasteiger partial charge in [0.05, 0.1) is 6.10 Å². The van der Waals surface area contributed by atoms with Crippen LogP contribution >= 0.6 is 0 Å². The average molecular weight is 274 g/mol. The molecular formula is C15H18O3Si. The molecule has 1 aromatic rings. The maximum absolute atomic E-state index is 10.00. The minimum atomic E-state index is -1.47. The molecule has 4 heteroatoms. The molecule has 1 heterocycles. The third-order valence-electron chi connectivity index (χ3n) is 2.66. The normalized spacial score (nSPS) is 14.5. The molecule has 1 unspecified atom stereocenters. The highest BCUT2D eigenvalue weighted by atomic mass is 28.3. The molecule has 0 bridgehead atoms. The highest BCUT2D eigenvalue weighted by molar-refractivity contribution is 6.83. The van der Waals surface area contributed by atoms with Crippen LogP contribution in [0.3, 0.4) is 0 Å². The van der Waals surface area contributed by atoms with Gasteiger partial charge in [-0.2, -0.15) is 0 Å². The lowest BCUT2D eigenvalue weighted by Gasteiger charge is -2.11. The number of fused-ring (bicyclic) bond motifs is 1. The Morgan fingerprint density at radius 2 is 1.95 bits per heavy atom. The van der Waals surface area contributed by atoms with Crippen molar-refractivity contribution in [1.82, 2.24) is 0 Å². The lowest BCUT2D eigenvalue weighted by atomic mass is 10.0. The summed E-state index contributed by atoms with van der Waals surface area (Å²) in [6.07, 6.45) is 0.734. The van der Waals surface area contributed by atoms with Crippen LogP contribution < -0.4 is 9.47 Å². The molecule has 1 N–H and O–H groups in total. The van der Waals surface area contributed by atoms with E-state index in [1.807, 2.05) is 6.07 Å². The van der Waals surface area contributed by atoms with Crippen molar-refractivity contribution < 1.29 is 14.6 Å². The highest BCUT2D eigenvalue weighted by Crippen LogP contribution is 2.36. The second-order valence-electron chi connectivity index (χ2n) is 5.47. The molecule has 3 nitrogen and oxygen atoms in total. The molecule has 1 aromatic carbocycles. The van der Waals surface area contributed by atoms with E-state index in [0.717, 1.165) is 5.56 Å². The van der Waals surface area contributed by atoms with E-state index < -0.39 is 14.2 Å². The Bertz CT molecular complexity index is 561. The van der Waals surface area contributed by atoms with Gasteiger partial charge in [-0.05, 0) is 6.07 Å². The number of aliphatic hydroxyl groups excluding tert-OH is 1. The van der Waals surface area contributed by atoms with E-state index in [4.69, 9.17) is 9.47 Å². The van der Waals surface area contributed by atoms with Crippen LogP contribution in [0.2, 0.25) is 19.6 Å². The zero-order chi connectivity index (χ0) is 14.0. The molecule has 0 aromatic heterocycles. The van der Waals surface area contributed by atoms with E-state index in [1.54, 1.807) is 6.07 Å². The number of benzene rings is 1. The molecule has 19 heavy (non-hydrogen) atoms. The molecule has 0 aliphatic carbocycles. The minimum absolute atomic E-state index is 0.212. The number of aliphatic hydroxyl groups is 1. The summed E-state index contributed by atoms with van der Waals surface area (Å²) in [6.45, 7) is 10.4. The van der Waals surface area contributed by atoms with Gasteiger partial charge in [0, 0.05) is 17.2 Å². The van der Waals surface area contributed by atoms with E-state index in [0.29, 0.717) is 17.1 Å². The van der Waals surface area contributed by atoms with Crippen molar-refractivity contribution in [1.29, 1.82) is 0 Å². The van der Waals surface area contributed by atoms with E-state index in [9.17, 15) is 5.11 Å². The first-order valence-electron chi connectivity index (χ1n) is 6.18. The lowest BCUT2D eigenvalue weighted by Crippen LogP contribution is -2.16. The van der Waals surface area contributed by atoms with Crippen LogP contribution in [-0.4, -0.2) is 20.0 Å². The van der Waals surface area contributed by atoms with Crippen LogP contribution in [-0.2, 0) is 0 Å². The van der Waals surface area contributed by atoms with Gasteiger partial charge in [0.25, 0.3) is 0 Å². The Hall–Kier alpha value is -1.70. The Balaban J connectivity index is 2.50. The van der Waals surface area contributed by atoms with Gasteiger partial charge in [-0.3, -0.25) is 0 Å². The fourth-order valence-corrected chi connectivity index (χ4v) is 2.20. The van der Waals surface area contributed by atoms with Crippen LogP contribution in [0, 0.1) is 11.5 Å². The fourth-order valence-electron chi connectivity index (χ4n) is 1.69. The Morgan fingerprint density at radius 1 is 1.32 bits per heavy atom. The first-order valence-corrected chi connectivity index (χ1v) is 9.68. The van der Waals surface area contributed by atoms with Crippen LogP contribution in [0.5, 0.6) is 11.5 Å². The van der Waals surface area contributed by atoms with Gasteiger partial charge in [0.2, 0.25) is 6.79 Å². The van der Waals surface area contributed by atoms with E-state index >= 15 is 0 Å². The third kappa shape index (κ3) is 3.19. The Morgan fingerprint density at radius 3 is 2.53 bits per heavy atom. The number of ether oxygens (including phenoxy) is 2. The quantitative estimate of drug-likeness (QED) is 0.512. The zero-order valence-electron chi connectivity index (χ0n) is 11.5. The SMILES string of the molecule is C=CC(O)c1cc2c(cc1C#C[Si](C)(C)C)OCO2. The minimum Gasteiger partial charge on any atom is -0.454 e. The summed E-state index contributed by atoms with van der Waals surface area (Å²) < 4.78 is 10.7. The summed E-state index contributed by atoms with van der Waals surface area (Å²) in [5.74, 6) is 4.49. The van der Waals surface area contributed by atoms with Crippen molar-refractivity contribution in [2.45, 2.75) is 25.7 Å². The fraction of sp³-hybridized carbons (Fsp3) is 0.333. The zero-order valence-corrected chi connectivity index (χ0v) is 12.5. The maximum Gasteiger partial charge on any atom is 0.231 e. The Kier molecular flexibility index (Phi) is 3.70. The first kappa shape index (κ1) is 13.7. The predicted molar refractivity (Wildman–Crippen MR) is 77.9 cm³/mol. The summed E-state index contributed by atoms with van der Waals surface area (Å²) in [4.78, 5) is 0. The van der Waals surface area contributed by atoms with Crippen molar-refractivity contribution in [3.8, 4) is 23.0 Å². The molecule has 0 saturated carbocycles. The smallest absolute Gasteiger partial charge is 0.231 e. The van der Waals surface area contributed by atoms with Gasteiger partial charge >= 0.3 is 0 Å². The van der Waals surface area contributed by atoms with Crippen molar-refractivity contribution in [3.63, 3.8) is 0 Å². The number of hydrogen-bond donors (Lipinski definition) is 1. The molecule has 0 spiro atoms. The summed E-state index contributed by atoms with van der Waals surface area (Å²) in [5, 5.41) is 10.00. The van der Waals surface area contributed by atoms with E-state index in [1.165, 1.54) is 6.08 Å².